The SMILES string of the molecule is Nc1ncc[nH]c1=S. The van der Waals surface area contributed by atoms with E-state index in [0.29, 0.717) is 10.5 Å². The van der Waals surface area contributed by atoms with Gasteiger partial charge in [0, 0.05) is 12.4 Å². The quantitative estimate of drug-likeness (QED) is 0.505. The molecule has 0 aliphatic carbocycles. The Morgan fingerprint density at radius 2 is 2.50 bits per heavy atom. The number of nitrogens with zero attached hydrogens (tertiary/aromatic N) is 1. The Kier molecular flexibility index (Phi) is 1.26. The van der Waals surface area contributed by atoms with Crippen molar-refractivity contribution < 1.29 is 0 Å². The molecule has 3 nitrogen and oxygen atoms in total. The third kappa shape index (κ3) is 0.840. The molecule has 0 unspecified atom stereocenters. The Balaban J connectivity index is 3.35. The summed E-state index contributed by atoms with van der Waals surface area (Å²) in [5, 5.41) is 0. The molecule has 0 fully saturated rings. The summed E-state index contributed by atoms with van der Waals surface area (Å²) in [4.78, 5) is 6.45. The minimum absolute atomic E-state index is 0.377. The second-order valence-corrected chi connectivity index (χ2v) is 1.71. The van der Waals surface area contributed by atoms with Gasteiger partial charge in [-0.1, -0.05) is 12.2 Å². The number of H-pyrrole nitrogens is 1. The molecule has 0 saturated heterocycles. The minimum Gasteiger partial charge on any atom is -0.381 e. The molecule has 8 heavy (non-hydrogen) atoms. The molecule has 0 bridgehead atoms. The van der Waals surface area contributed by atoms with Gasteiger partial charge in [-0.2, -0.15) is 0 Å². The smallest absolute Gasteiger partial charge is 0.158 e. The summed E-state index contributed by atoms with van der Waals surface area (Å²) >= 11 is 4.71. The number of anilines is 1. The number of rotatable bonds is 0. The van der Waals surface area contributed by atoms with Crippen molar-refractivity contribution in [3.63, 3.8) is 0 Å². The molecule has 3 N–H and O–H groups in total. The van der Waals surface area contributed by atoms with Crippen LogP contribution in [0.5, 0.6) is 0 Å². The fourth-order valence-corrected chi connectivity index (χ4v) is 0.484. The van der Waals surface area contributed by atoms with Crippen LogP contribution in [-0.2, 0) is 0 Å². The molecular weight excluding hydrogens is 122 g/mol. The van der Waals surface area contributed by atoms with Crippen LogP contribution in [0, 0.1) is 4.64 Å². The zero-order valence-electron chi connectivity index (χ0n) is 4.09. The first-order valence-electron chi connectivity index (χ1n) is 2.10. The van der Waals surface area contributed by atoms with Gasteiger partial charge in [-0.3, -0.25) is 0 Å². The van der Waals surface area contributed by atoms with Gasteiger partial charge in [0.25, 0.3) is 0 Å². The Morgan fingerprint density at radius 3 is 2.88 bits per heavy atom. The lowest BCUT2D eigenvalue weighted by atomic mass is 10.7. The summed E-state index contributed by atoms with van der Waals surface area (Å²) < 4.78 is 0.493. The molecule has 0 spiro atoms. The molecule has 0 saturated carbocycles. The molecule has 1 aromatic heterocycles. The molecule has 1 aromatic rings. The first kappa shape index (κ1) is 5.24. The van der Waals surface area contributed by atoms with Crippen LogP contribution in [0.15, 0.2) is 12.4 Å². The summed E-state index contributed by atoms with van der Waals surface area (Å²) in [5.74, 6) is 0.377. The van der Waals surface area contributed by atoms with E-state index < -0.39 is 0 Å². The maximum absolute atomic E-state index is 5.27. The van der Waals surface area contributed by atoms with E-state index in [0.717, 1.165) is 0 Å². The molecular formula is C4H5N3S. The fourth-order valence-electron chi connectivity index (χ4n) is 0.363. The predicted octanol–water partition coefficient (Wildman–Crippen LogP) is 0.721. The summed E-state index contributed by atoms with van der Waals surface area (Å²) in [6, 6.07) is 0. The monoisotopic (exact) mass is 127 g/mol. The molecule has 0 aliphatic rings. The largest absolute Gasteiger partial charge is 0.381 e. The lowest BCUT2D eigenvalue weighted by molar-refractivity contribution is 1.19. The van der Waals surface area contributed by atoms with Crippen LogP contribution in [0.1, 0.15) is 0 Å². The van der Waals surface area contributed by atoms with Crippen molar-refractivity contribution in [3.05, 3.63) is 17.0 Å². The summed E-state index contributed by atoms with van der Waals surface area (Å²) in [5.41, 5.74) is 5.27. The van der Waals surface area contributed by atoms with Crippen molar-refractivity contribution in [1.29, 1.82) is 0 Å². The Labute approximate surface area is 51.6 Å². The molecule has 0 aliphatic heterocycles. The number of aromatic nitrogens is 2. The number of nitrogen functional groups attached to an aromatic ring is 1. The van der Waals surface area contributed by atoms with Gasteiger partial charge in [-0.25, -0.2) is 4.98 Å². The van der Waals surface area contributed by atoms with Crippen molar-refractivity contribution in [1.82, 2.24) is 9.97 Å². The highest BCUT2D eigenvalue weighted by molar-refractivity contribution is 7.71. The van der Waals surface area contributed by atoms with Crippen LogP contribution < -0.4 is 5.73 Å². The van der Waals surface area contributed by atoms with Crippen LogP contribution in [0.3, 0.4) is 0 Å². The van der Waals surface area contributed by atoms with Crippen molar-refractivity contribution >= 4 is 18.0 Å². The molecule has 1 rings (SSSR count). The Morgan fingerprint density at radius 1 is 1.75 bits per heavy atom. The van der Waals surface area contributed by atoms with Crippen LogP contribution in [0.25, 0.3) is 0 Å². The molecule has 0 radical (unpaired) electrons. The minimum atomic E-state index is 0.377. The van der Waals surface area contributed by atoms with Gasteiger partial charge in [0.1, 0.15) is 4.64 Å². The number of nitrogens with two attached hydrogens (primary N) is 1. The Bertz CT molecular complexity index is 229. The van der Waals surface area contributed by atoms with Crippen LogP contribution >= 0.6 is 12.2 Å². The van der Waals surface area contributed by atoms with Crippen molar-refractivity contribution in [2.24, 2.45) is 0 Å². The highest BCUT2D eigenvalue weighted by Crippen LogP contribution is 1.91. The average molecular weight is 127 g/mol. The molecule has 0 atom stereocenters. The van der Waals surface area contributed by atoms with E-state index in [9.17, 15) is 0 Å². The summed E-state index contributed by atoms with van der Waals surface area (Å²) in [7, 11) is 0. The second kappa shape index (κ2) is 1.92. The number of hydrogen-bond donors (Lipinski definition) is 2. The van der Waals surface area contributed by atoms with E-state index in [1.165, 1.54) is 0 Å². The van der Waals surface area contributed by atoms with E-state index in [1.807, 2.05) is 0 Å². The van der Waals surface area contributed by atoms with Gasteiger partial charge in [0.2, 0.25) is 0 Å². The van der Waals surface area contributed by atoms with Crippen LogP contribution in [0.2, 0.25) is 0 Å². The molecule has 0 aromatic carbocycles. The third-order valence-corrected chi connectivity index (χ3v) is 1.06. The second-order valence-electron chi connectivity index (χ2n) is 1.30. The number of hydrogen-bond acceptors (Lipinski definition) is 3. The van der Waals surface area contributed by atoms with Gasteiger partial charge < -0.3 is 10.7 Å². The van der Waals surface area contributed by atoms with E-state index in [1.54, 1.807) is 12.4 Å². The Hall–Kier alpha value is -0.900. The van der Waals surface area contributed by atoms with E-state index >= 15 is 0 Å². The van der Waals surface area contributed by atoms with Gasteiger partial charge >= 0.3 is 0 Å². The van der Waals surface area contributed by atoms with Crippen molar-refractivity contribution in [2.75, 3.05) is 5.73 Å². The molecule has 4 heteroatoms. The van der Waals surface area contributed by atoms with E-state index in [2.05, 4.69) is 9.97 Å². The zero-order chi connectivity index (χ0) is 5.98. The lowest BCUT2D eigenvalue weighted by Gasteiger charge is -1.86. The van der Waals surface area contributed by atoms with Crippen molar-refractivity contribution in [3.8, 4) is 0 Å². The van der Waals surface area contributed by atoms with E-state index in [-0.39, 0.29) is 0 Å². The lowest BCUT2D eigenvalue weighted by Crippen LogP contribution is -1.90. The first-order valence-corrected chi connectivity index (χ1v) is 2.50. The normalized spacial score (nSPS) is 9.00. The van der Waals surface area contributed by atoms with Gasteiger partial charge in [-0.05, 0) is 0 Å². The van der Waals surface area contributed by atoms with Gasteiger partial charge in [0.05, 0.1) is 0 Å². The standard InChI is InChI=1S/C4H5N3S/c5-3-4(8)7-2-1-6-3/h1-2H,(H2,5,6)(H,7,8). The maximum atomic E-state index is 5.27. The van der Waals surface area contributed by atoms with Gasteiger partial charge in [-0.15, -0.1) is 0 Å². The topological polar surface area (TPSA) is 54.7 Å². The predicted molar refractivity (Wildman–Crippen MR) is 33.8 cm³/mol. The molecule has 0 amide bonds. The highest BCUT2D eigenvalue weighted by Gasteiger charge is 1.82. The van der Waals surface area contributed by atoms with Gasteiger partial charge in [0.15, 0.2) is 5.82 Å². The molecule has 42 valence electrons. The van der Waals surface area contributed by atoms with E-state index in [4.69, 9.17) is 18.0 Å². The maximum Gasteiger partial charge on any atom is 0.158 e. The summed E-state index contributed by atoms with van der Waals surface area (Å²) in [6.07, 6.45) is 3.20. The third-order valence-electron chi connectivity index (χ3n) is 0.735. The first-order chi connectivity index (χ1) is 3.80. The summed E-state index contributed by atoms with van der Waals surface area (Å²) in [6.45, 7) is 0. The number of aromatic amines is 1. The average Bonchev–Trinajstić information content (AvgIpc) is 1.77. The number of nitrogens with one attached hydrogen (secondary N) is 1. The fraction of sp³-hybridized carbons (Fsp3) is 0. The highest BCUT2D eigenvalue weighted by atomic mass is 32.1. The van der Waals surface area contributed by atoms with Crippen LogP contribution in [-0.4, -0.2) is 9.97 Å². The van der Waals surface area contributed by atoms with Crippen LogP contribution in [0.4, 0.5) is 5.82 Å². The molecule has 1 heterocycles. The van der Waals surface area contributed by atoms with Crippen molar-refractivity contribution in [2.45, 2.75) is 0 Å². The zero-order valence-corrected chi connectivity index (χ0v) is 4.90.